The quantitative estimate of drug-likeness (QED) is 0.0782. The molecule has 2 saturated heterocycles. The van der Waals surface area contributed by atoms with Crippen molar-refractivity contribution >= 4 is 105 Å². The highest BCUT2D eigenvalue weighted by atomic mass is 32.2. The number of benzene rings is 6. The summed E-state index contributed by atoms with van der Waals surface area (Å²) in [5, 5.41) is 4.24. The van der Waals surface area contributed by atoms with Gasteiger partial charge in [0.05, 0.1) is 17.3 Å². The summed E-state index contributed by atoms with van der Waals surface area (Å²) in [6.45, 7) is 14.7. The number of ether oxygens (including phenoxy) is 2. The first kappa shape index (κ1) is 75.9. The van der Waals surface area contributed by atoms with Crippen LogP contribution in [0.3, 0.4) is 0 Å². The first-order valence-corrected chi connectivity index (χ1v) is 39.2. The third-order valence-corrected chi connectivity index (χ3v) is 22.6. The maximum Gasteiger partial charge on any atom is 0.219 e. The standard InChI is InChI=1S/2C22H22N2O2.C15H17FN2O.C14H17FN2O2S.C14H15N3O/c1-16(25)24-11-9-18(10-12-24)21-14-23-22-8-7-19(13-20(21)22)26-15-17-5-3-2-4-6-17;1-16(25)24-11-9-18(10-12-24)21-14-23-22-13-19(7-8-20(21)22)26-15-17-5-3-2-4-6-17;1-10(19)18-6-4-11(5-7-18)14-9-17-15-3-2-12(16)8-13(14)15;1-20(18,19)17-6-4-10(5-7-17)13-9-16-14-3-2-11(15)8-12(13)14;1-10(18)17-7-4-11(5-8-17)12-9-16-13-3-2-6-15-14(12)13/h2*2-9,13-14,23H,10-12,15H2,1H3;2-3,8-9,11,17H,4-7H2,1H3;2-3,8-10,16H,4-7H2,1H3;2-4,6,9,16H,5,7-8H2,1H3. The van der Waals surface area contributed by atoms with Crippen molar-refractivity contribution in [3.63, 3.8) is 0 Å². The third-order valence-electron chi connectivity index (χ3n) is 21.3. The number of carbonyl (C=O) groups is 4. The number of hydrogen-bond acceptors (Lipinski definition) is 9. The van der Waals surface area contributed by atoms with Gasteiger partial charge in [-0.2, -0.15) is 0 Å². The predicted octanol–water partition coefficient (Wildman–Crippen LogP) is 16.4. The maximum atomic E-state index is 13.4. The van der Waals surface area contributed by atoms with E-state index < -0.39 is 10.0 Å². The molecule has 5 N–H and O–H groups in total. The molecule has 12 aromatic rings. The molecule has 0 unspecified atom stereocenters. The van der Waals surface area contributed by atoms with Crippen LogP contribution >= 0.6 is 0 Å². The van der Waals surface area contributed by atoms with Gasteiger partial charge in [0.1, 0.15) is 36.3 Å². The number of amides is 4. The average Bonchev–Trinajstić information content (AvgIpc) is 1.70. The summed E-state index contributed by atoms with van der Waals surface area (Å²) in [5.74, 6) is 2.52. The Kier molecular flexibility index (Phi) is 24.1. The number of fused-ring (bicyclic) bond motifs is 5. The van der Waals surface area contributed by atoms with Crippen molar-refractivity contribution in [2.45, 2.75) is 97.7 Å². The number of aromatic amines is 5. The molecule has 19 nitrogen and oxygen atoms in total. The molecule has 109 heavy (non-hydrogen) atoms. The lowest BCUT2D eigenvalue weighted by molar-refractivity contribution is -0.130. The van der Waals surface area contributed by atoms with Crippen molar-refractivity contribution in [1.29, 1.82) is 0 Å². The van der Waals surface area contributed by atoms with Crippen LogP contribution in [-0.2, 0) is 42.4 Å². The van der Waals surface area contributed by atoms with Gasteiger partial charge in [0.15, 0.2) is 0 Å². The summed E-state index contributed by atoms with van der Waals surface area (Å²) in [6, 6.07) is 46.2. The molecule has 4 amide bonds. The van der Waals surface area contributed by atoms with Gasteiger partial charge in [-0.05, 0) is 175 Å². The fraction of sp³-hybridized carbons (Fsp3) is 0.299. The van der Waals surface area contributed by atoms with E-state index in [-0.39, 0.29) is 41.2 Å². The summed E-state index contributed by atoms with van der Waals surface area (Å²) in [4.78, 5) is 73.8. The Morgan fingerprint density at radius 2 is 0.853 bits per heavy atom. The molecule has 564 valence electrons. The molecule has 6 aromatic carbocycles. The van der Waals surface area contributed by atoms with Crippen molar-refractivity contribution in [3.05, 3.63) is 252 Å². The Hall–Kier alpha value is -11.4. The molecule has 6 aromatic heterocycles. The van der Waals surface area contributed by atoms with E-state index in [0.29, 0.717) is 51.9 Å². The second kappa shape index (κ2) is 34.7. The normalized spacial score (nSPS) is 15.9. The van der Waals surface area contributed by atoms with Crippen molar-refractivity contribution in [2.75, 3.05) is 71.7 Å². The van der Waals surface area contributed by atoms with E-state index in [1.165, 1.54) is 61.5 Å². The smallest absolute Gasteiger partial charge is 0.219 e. The van der Waals surface area contributed by atoms with Gasteiger partial charge in [-0.3, -0.25) is 24.2 Å². The lowest BCUT2D eigenvalue weighted by Gasteiger charge is -2.31. The molecule has 5 aliphatic rings. The largest absolute Gasteiger partial charge is 0.489 e. The van der Waals surface area contributed by atoms with Crippen LogP contribution < -0.4 is 9.47 Å². The molecule has 17 rings (SSSR count). The van der Waals surface area contributed by atoms with E-state index in [1.54, 1.807) is 52.0 Å². The highest BCUT2D eigenvalue weighted by Crippen LogP contribution is 2.38. The highest BCUT2D eigenvalue weighted by Gasteiger charge is 2.29. The van der Waals surface area contributed by atoms with E-state index in [9.17, 15) is 36.4 Å². The number of nitrogens with one attached hydrogen (secondary N) is 5. The summed E-state index contributed by atoms with van der Waals surface area (Å²) in [6.07, 6.45) is 25.6. The Labute approximate surface area is 633 Å². The number of halogens is 2. The van der Waals surface area contributed by atoms with Crippen LogP contribution in [0.15, 0.2) is 201 Å². The van der Waals surface area contributed by atoms with Crippen LogP contribution in [0.2, 0.25) is 0 Å². The van der Waals surface area contributed by atoms with Gasteiger partial charge in [-0.15, -0.1) is 0 Å². The fourth-order valence-electron chi connectivity index (χ4n) is 15.1. The van der Waals surface area contributed by atoms with Gasteiger partial charge in [0, 0.05) is 197 Å². The van der Waals surface area contributed by atoms with Crippen LogP contribution in [-0.4, -0.2) is 158 Å². The molecule has 11 heterocycles. The molecule has 0 atom stereocenters. The average molecular weight is 1490 g/mol. The number of piperidine rings is 2. The van der Waals surface area contributed by atoms with Gasteiger partial charge in [-0.1, -0.05) is 78.9 Å². The van der Waals surface area contributed by atoms with Crippen molar-refractivity contribution in [1.82, 2.24) is 53.8 Å². The van der Waals surface area contributed by atoms with E-state index in [4.69, 9.17) is 9.47 Å². The predicted molar refractivity (Wildman–Crippen MR) is 428 cm³/mol. The number of likely N-dealkylation sites (tertiary alicyclic amines) is 1. The van der Waals surface area contributed by atoms with Crippen molar-refractivity contribution in [3.8, 4) is 11.5 Å². The molecule has 0 saturated carbocycles. The van der Waals surface area contributed by atoms with E-state index >= 15 is 0 Å². The number of nitrogens with zero attached hydrogens (tertiary/aromatic N) is 6. The minimum Gasteiger partial charge on any atom is -0.489 e. The van der Waals surface area contributed by atoms with Crippen LogP contribution in [0.25, 0.3) is 71.4 Å². The Morgan fingerprint density at radius 3 is 1.34 bits per heavy atom. The first-order valence-electron chi connectivity index (χ1n) is 37.3. The second-order valence-electron chi connectivity index (χ2n) is 28.4. The van der Waals surface area contributed by atoms with E-state index in [0.717, 1.165) is 161 Å². The first-order chi connectivity index (χ1) is 52.8. The van der Waals surface area contributed by atoms with Crippen LogP contribution in [0, 0.1) is 11.6 Å². The van der Waals surface area contributed by atoms with E-state index in [1.807, 2.05) is 111 Å². The van der Waals surface area contributed by atoms with Crippen molar-refractivity contribution < 1.29 is 45.9 Å². The fourth-order valence-corrected chi connectivity index (χ4v) is 16.0. The minimum atomic E-state index is -3.10. The topological polar surface area (TPSA) is 229 Å². The Bertz CT molecular complexity index is 5430. The Balaban J connectivity index is 0.000000121. The highest BCUT2D eigenvalue weighted by molar-refractivity contribution is 7.88. The molecule has 0 bridgehead atoms. The molecule has 0 spiro atoms. The number of hydrogen-bond donors (Lipinski definition) is 5. The van der Waals surface area contributed by atoms with Gasteiger partial charge in [0.25, 0.3) is 0 Å². The SMILES string of the molecule is CC(=O)N1CC=C(c2c[nH]c3cc(OCc4ccccc4)ccc23)CC1.CC(=O)N1CC=C(c2c[nH]c3ccc(OCc4ccccc4)cc23)CC1.CC(=O)N1CC=C(c2c[nH]c3cccnc23)CC1.CC(=O)N1CCC(c2c[nH]c3ccc(F)cc23)CC1.CS(=O)(=O)N1CCC(c2c[nH]c3ccc(F)cc23)CC1. The second-order valence-corrected chi connectivity index (χ2v) is 30.4. The molecule has 22 heteroatoms. The summed E-state index contributed by atoms with van der Waals surface area (Å²) < 4.78 is 63.2. The molecular weight excluding hydrogens is 1400 g/mol. The van der Waals surface area contributed by atoms with Gasteiger partial charge in [-0.25, -0.2) is 21.5 Å². The van der Waals surface area contributed by atoms with Crippen LogP contribution in [0.1, 0.15) is 123 Å². The molecule has 0 radical (unpaired) electrons. The third kappa shape index (κ3) is 18.8. The van der Waals surface area contributed by atoms with Gasteiger partial charge in [0.2, 0.25) is 33.7 Å². The van der Waals surface area contributed by atoms with Gasteiger partial charge >= 0.3 is 0 Å². The zero-order valence-corrected chi connectivity index (χ0v) is 63.1. The number of H-pyrrole nitrogens is 5. The number of rotatable bonds is 12. The van der Waals surface area contributed by atoms with Crippen LogP contribution in [0.5, 0.6) is 11.5 Å². The number of pyridine rings is 1. The molecule has 2 fully saturated rings. The van der Waals surface area contributed by atoms with Crippen LogP contribution in [0.4, 0.5) is 8.78 Å². The number of carbonyl (C=O) groups excluding carboxylic acids is 4. The van der Waals surface area contributed by atoms with Crippen molar-refractivity contribution in [2.24, 2.45) is 0 Å². The molecule has 0 aliphatic carbocycles. The lowest BCUT2D eigenvalue weighted by Crippen LogP contribution is -2.37. The maximum absolute atomic E-state index is 13.4. The zero-order valence-electron chi connectivity index (χ0n) is 62.3. The lowest BCUT2D eigenvalue weighted by atomic mass is 9.89. The number of aromatic nitrogens is 6. The summed E-state index contributed by atoms with van der Waals surface area (Å²) >= 11 is 0. The zero-order chi connectivity index (χ0) is 76.1. The van der Waals surface area contributed by atoms with E-state index in [2.05, 4.69) is 103 Å². The minimum absolute atomic E-state index is 0.135. The molecule has 5 aliphatic heterocycles. The Morgan fingerprint density at radius 1 is 0.431 bits per heavy atom. The monoisotopic (exact) mass is 1490 g/mol. The summed E-state index contributed by atoms with van der Waals surface area (Å²) in [7, 11) is -3.10. The van der Waals surface area contributed by atoms with Gasteiger partial charge < -0.3 is 54.0 Å². The summed E-state index contributed by atoms with van der Waals surface area (Å²) in [5.41, 5.74) is 18.2. The molecular formula is C87H93F2N11O8S. The number of sulfonamides is 1.